The van der Waals surface area contributed by atoms with E-state index in [1.807, 2.05) is 6.92 Å². The Morgan fingerprint density at radius 1 is 1.39 bits per heavy atom. The molecular weight excluding hydrogens is 485 g/mol. The molecule has 28 heavy (non-hydrogen) atoms. The molecule has 0 aliphatic carbocycles. The molecule has 1 atom stereocenters. The molecule has 1 unspecified atom stereocenters. The van der Waals surface area contributed by atoms with Crippen molar-refractivity contribution in [1.29, 1.82) is 0 Å². The van der Waals surface area contributed by atoms with Gasteiger partial charge in [0.2, 0.25) is 0 Å². The Balaban J connectivity index is 0.00000392. The Bertz CT molecular complexity index is 622. The lowest BCUT2D eigenvalue weighted by Gasteiger charge is -2.30. The molecule has 2 rings (SSSR count). The van der Waals surface area contributed by atoms with Crippen LogP contribution in [-0.2, 0) is 11.3 Å². The highest BCUT2D eigenvalue weighted by Crippen LogP contribution is 2.26. The number of aliphatic imine (C=N–C) groups is 1. The van der Waals surface area contributed by atoms with Gasteiger partial charge in [-0.25, -0.2) is 4.99 Å². The zero-order valence-corrected chi connectivity index (χ0v) is 18.7. The van der Waals surface area contributed by atoms with Gasteiger partial charge >= 0.3 is 6.61 Å². The average molecular weight is 514 g/mol. The van der Waals surface area contributed by atoms with Crippen molar-refractivity contribution in [2.24, 2.45) is 4.99 Å². The van der Waals surface area contributed by atoms with E-state index in [2.05, 4.69) is 32.3 Å². The summed E-state index contributed by atoms with van der Waals surface area (Å²) in [7, 11) is 3.57. The lowest BCUT2D eigenvalue weighted by molar-refractivity contribution is -0.0504. The van der Waals surface area contributed by atoms with Crippen LogP contribution >= 0.6 is 24.0 Å². The predicted molar refractivity (Wildman–Crippen MR) is 115 cm³/mol. The first-order valence-electron chi connectivity index (χ1n) is 8.95. The van der Waals surface area contributed by atoms with E-state index < -0.39 is 6.61 Å². The van der Waals surface area contributed by atoms with Crippen LogP contribution in [0.25, 0.3) is 0 Å². The molecule has 0 aromatic heterocycles. The molecule has 0 amide bonds. The Morgan fingerprint density at radius 2 is 2.18 bits per heavy atom. The summed E-state index contributed by atoms with van der Waals surface area (Å²) in [6.07, 6.45) is 0.0714. The molecule has 0 spiro atoms. The molecule has 2 N–H and O–H groups in total. The van der Waals surface area contributed by atoms with E-state index in [4.69, 9.17) is 9.47 Å². The number of rotatable bonds is 8. The molecule has 7 nitrogen and oxygen atoms in total. The van der Waals surface area contributed by atoms with E-state index >= 15 is 0 Å². The number of morpholine rings is 1. The van der Waals surface area contributed by atoms with Crippen molar-refractivity contribution in [1.82, 2.24) is 15.5 Å². The minimum atomic E-state index is -2.90. The highest BCUT2D eigenvalue weighted by molar-refractivity contribution is 14.0. The van der Waals surface area contributed by atoms with Gasteiger partial charge in [-0.2, -0.15) is 8.78 Å². The van der Waals surface area contributed by atoms with Crippen LogP contribution in [0.2, 0.25) is 0 Å². The number of nitrogens with zero attached hydrogens (tertiary/aromatic N) is 2. The number of alkyl halides is 2. The summed E-state index contributed by atoms with van der Waals surface area (Å²) in [6, 6.07) is 4.68. The van der Waals surface area contributed by atoms with Crippen LogP contribution in [0.5, 0.6) is 11.5 Å². The van der Waals surface area contributed by atoms with Gasteiger partial charge in [-0.3, -0.25) is 0 Å². The standard InChI is InChI=1S/C18H28F2N4O3.HI/c1-4-21-18(23-11-15-12-24(2)7-8-26-15)22-10-13-9-14(25-3)5-6-16(13)27-17(19)20;/h5-6,9,15,17H,4,7-8,10-12H2,1-3H3,(H2,21,22,23);1H. The number of methoxy groups -OCH3 is 1. The van der Waals surface area contributed by atoms with Gasteiger partial charge in [0.1, 0.15) is 11.5 Å². The second-order valence-electron chi connectivity index (χ2n) is 6.18. The van der Waals surface area contributed by atoms with Crippen LogP contribution in [0.1, 0.15) is 12.5 Å². The second kappa shape index (κ2) is 12.9. The van der Waals surface area contributed by atoms with E-state index in [-0.39, 0.29) is 42.4 Å². The monoisotopic (exact) mass is 514 g/mol. The molecule has 1 aliphatic rings. The van der Waals surface area contributed by atoms with E-state index in [1.165, 1.54) is 13.2 Å². The van der Waals surface area contributed by atoms with Gasteiger partial charge in [-0.1, -0.05) is 0 Å². The van der Waals surface area contributed by atoms with Gasteiger partial charge in [0.05, 0.1) is 26.4 Å². The summed E-state index contributed by atoms with van der Waals surface area (Å²) in [5, 5.41) is 6.38. The first-order chi connectivity index (χ1) is 13.0. The number of halogens is 3. The number of hydrogen-bond acceptors (Lipinski definition) is 5. The van der Waals surface area contributed by atoms with Crippen LogP contribution in [0, 0.1) is 0 Å². The zero-order valence-electron chi connectivity index (χ0n) is 16.4. The molecule has 1 saturated heterocycles. The van der Waals surface area contributed by atoms with Crippen molar-refractivity contribution < 1.29 is 23.0 Å². The molecular formula is C18H29F2IN4O3. The van der Waals surface area contributed by atoms with Gasteiger partial charge < -0.3 is 29.7 Å². The molecule has 0 bridgehead atoms. The van der Waals surface area contributed by atoms with Crippen LogP contribution in [0.3, 0.4) is 0 Å². The van der Waals surface area contributed by atoms with Gasteiger partial charge in [-0.15, -0.1) is 24.0 Å². The molecule has 160 valence electrons. The summed E-state index contributed by atoms with van der Waals surface area (Å²) >= 11 is 0. The van der Waals surface area contributed by atoms with E-state index in [0.717, 1.165) is 13.1 Å². The number of ether oxygens (including phenoxy) is 3. The maximum absolute atomic E-state index is 12.6. The first-order valence-corrected chi connectivity index (χ1v) is 8.95. The second-order valence-corrected chi connectivity index (χ2v) is 6.18. The third kappa shape index (κ3) is 8.31. The summed E-state index contributed by atoms with van der Waals surface area (Å²) in [4.78, 5) is 6.69. The Kier molecular flexibility index (Phi) is 11.4. The summed E-state index contributed by atoms with van der Waals surface area (Å²) in [5.41, 5.74) is 0.514. The van der Waals surface area contributed by atoms with E-state index in [1.54, 1.807) is 12.1 Å². The molecule has 10 heteroatoms. The van der Waals surface area contributed by atoms with Crippen LogP contribution < -0.4 is 20.1 Å². The Labute approximate surface area is 181 Å². The van der Waals surface area contributed by atoms with Gasteiger partial charge in [-0.05, 0) is 32.2 Å². The normalized spacial score (nSPS) is 17.8. The number of guanidine groups is 1. The molecule has 0 saturated carbocycles. The van der Waals surface area contributed by atoms with Crippen molar-refractivity contribution in [2.75, 3.05) is 46.9 Å². The van der Waals surface area contributed by atoms with Crippen molar-refractivity contribution in [3.63, 3.8) is 0 Å². The third-order valence-corrected chi connectivity index (χ3v) is 4.07. The smallest absolute Gasteiger partial charge is 0.387 e. The minimum absolute atomic E-state index is 0. The van der Waals surface area contributed by atoms with E-state index in [0.29, 0.717) is 37.0 Å². The summed E-state index contributed by atoms with van der Waals surface area (Å²) in [5.74, 6) is 1.22. The van der Waals surface area contributed by atoms with E-state index in [9.17, 15) is 8.78 Å². The number of benzene rings is 1. The van der Waals surface area contributed by atoms with Crippen molar-refractivity contribution >= 4 is 29.9 Å². The maximum atomic E-state index is 12.6. The van der Waals surface area contributed by atoms with Crippen molar-refractivity contribution in [3.8, 4) is 11.5 Å². The lowest BCUT2D eigenvalue weighted by atomic mass is 10.2. The average Bonchev–Trinajstić information content (AvgIpc) is 2.64. The summed E-state index contributed by atoms with van der Waals surface area (Å²) in [6.45, 7) is 2.98. The molecule has 1 fully saturated rings. The topological polar surface area (TPSA) is 67.4 Å². The van der Waals surface area contributed by atoms with Crippen LogP contribution in [0.4, 0.5) is 8.78 Å². The lowest BCUT2D eigenvalue weighted by Crippen LogP contribution is -2.48. The fraction of sp³-hybridized carbons (Fsp3) is 0.611. The highest BCUT2D eigenvalue weighted by atomic mass is 127. The fourth-order valence-electron chi connectivity index (χ4n) is 2.72. The number of hydrogen-bond donors (Lipinski definition) is 2. The van der Waals surface area contributed by atoms with Crippen molar-refractivity contribution in [3.05, 3.63) is 23.8 Å². The molecule has 1 aromatic rings. The quantitative estimate of drug-likeness (QED) is 0.316. The molecule has 1 heterocycles. The third-order valence-electron chi connectivity index (χ3n) is 4.07. The van der Waals surface area contributed by atoms with Gasteiger partial charge in [0.25, 0.3) is 0 Å². The highest BCUT2D eigenvalue weighted by Gasteiger charge is 2.18. The predicted octanol–water partition coefficient (Wildman–Crippen LogP) is 2.30. The molecule has 1 aromatic carbocycles. The number of nitrogens with one attached hydrogen (secondary N) is 2. The van der Waals surface area contributed by atoms with Crippen LogP contribution in [-0.4, -0.2) is 70.5 Å². The SMILES string of the molecule is CCNC(=NCc1cc(OC)ccc1OC(F)F)NCC1CN(C)CCO1.I. The minimum Gasteiger partial charge on any atom is -0.497 e. The van der Waals surface area contributed by atoms with Gasteiger partial charge in [0.15, 0.2) is 5.96 Å². The largest absolute Gasteiger partial charge is 0.497 e. The van der Waals surface area contributed by atoms with Gasteiger partial charge in [0, 0.05) is 31.7 Å². The summed E-state index contributed by atoms with van der Waals surface area (Å²) < 4.78 is 40.7. The molecule has 1 aliphatic heterocycles. The molecule has 0 radical (unpaired) electrons. The first kappa shape index (κ1) is 24.6. The Morgan fingerprint density at radius 3 is 2.82 bits per heavy atom. The van der Waals surface area contributed by atoms with Crippen molar-refractivity contribution in [2.45, 2.75) is 26.2 Å². The number of likely N-dealkylation sites (N-methyl/N-ethyl adjacent to an activating group) is 1. The zero-order chi connectivity index (χ0) is 19.6. The Hall–Kier alpha value is -1.40. The fourth-order valence-corrected chi connectivity index (χ4v) is 2.72. The maximum Gasteiger partial charge on any atom is 0.387 e. The van der Waals surface area contributed by atoms with Crippen LogP contribution in [0.15, 0.2) is 23.2 Å².